The van der Waals surface area contributed by atoms with Crippen molar-refractivity contribution in [3.05, 3.63) is 41.0 Å². The van der Waals surface area contributed by atoms with E-state index >= 15 is 0 Å². The molecule has 1 amide bonds. The SMILES string of the molecule is CC1(C)CCc2c(c(N3CCC(C(N)=O)CC3)n3c(nc4ccccc43)c2C#N)C1.Cl. The van der Waals surface area contributed by atoms with Crippen molar-refractivity contribution < 1.29 is 4.79 Å². The molecule has 2 aromatic heterocycles. The normalized spacial score (nSPS) is 18.4. The van der Waals surface area contributed by atoms with E-state index < -0.39 is 0 Å². The van der Waals surface area contributed by atoms with Crippen LogP contribution in [0.5, 0.6) is 0 Å². The summed E-state index contributed by atoms with van der Waals surface area (Å²) in [6.07, 6.45) is 4.43. The fraction of sp³-hybridized carbons (Fsp3) is 0.458. The van der Waals surface area contributed by atoms with Gasteiger partial charge in [-0.05, 0) is 60.8 Å². The molecule has 3 heterocycles. The van der Waals surface area contributed by atoms with Crippen molar-refractivity contribution in [3.63, 3.8) is 0 Å². The molecule has 0 spiro atoms. The highest BCUT2D eigenvalue weighted by Crippen LogP contribution is 2.43. The van der Waals surface area contributed by atoms with Crippen LogP contribution in [0.25, 0.3) is 16.7 Å². The van der Waals surface area contributed by atoms with E-state index in [9.17, 15) is 10.1 Å². The molecule has 6 nitrogen and oxygen atoms in total. The third-order valence-electron chi connectivity index (χ3n) is 6.95. The molecule has 31 heavy (non-hydrogen) atoms. The second kappa shape index (κ2) is 7.72. The largest absolute Gasteiger partial charge is 0.369 e. The lowest BCUT2D eigenvalue weighted by Crippen LogP contribution is -2.40. The number of hydrogen-bond donors (Lipinski definition) is 1. The van der Waals surface area contributed by atoms with Crippen molar-refractivity contribution in [2.45, 2.75) is 46.0 Å². The Bertz CT molecular complexity index is 1210. The van der Waals surface area contributed by atoms with Crippen molar-refractivity contribution in [3.8, 4) is 6.07 Å². The number of nitrogens with two attached hydrogens (primary N) is 1. The van der Waals surface area contributed by atoms with Gasteiger partial charge < -0.3 is 10.6 Å². The van der Waals surface area contributed by atoms with Crippen LogP contribution in [0.3, 0.4) is 0 Å². The van der Waals surface area contributed by atoms with Gasteiger partial charge in [-0.25, -0.2) is 4.98 Å². The number of halogens is 1. The van der Waals surface area contributed by atoms with Gasteiger partial charge in [0.1, 0.15) is 11.9 Å². The summed E-state index contributed by atoms with van der Waals surface area (Å²) in [5.41, 5.74) is 11.6. The number of carbonyl (C=O) groups excluding carboxylic acids is 1. The van der Waals surface area contributed by atoms with E-state index in [1.807, 2.05) is 18.2 Å². The zero-order chi connectivity index (χ0) is 21.0. The summed E-state index contributed by atoms with van der Waals surface area (Å²) in [5, 5.41) is 10.1. The van der Waals surface area contributed by atoms with Crippen LogP contribution in [0.4, 0.5) is 5.82 Å². The Hall–Kier alpha value is -2.78. The van der Waals surface area contributed by atoms with E-state index in [0.29, 0.717) is 5.56 Å². The number of carbonyl (C=O) groups is 1. The number of rotatable bonds is 2. The minimum absolute atomic E-state index is 0. The number of nitriles is 1. The standard InChI is InChI=1S/C24H27N5O.ClH/c1-24(2)10-7-16-17(13-24)23(28-11-8-15(9-12-28)21(26)30)29-20-6-4-3-5-19(20)27-22(29)18(16)14-25;/h3-6,15H,7-13H2,1-2H3,(H2,26,30);1H. The average molecular weight is 438 g/mol. The molecule has 2 aliphatic rings. The molecule has 2 N–H and O–H groups in total. The number of primary amides is 1. The van der Waals surface area contributed by atoms with Gasteiger partial charge in [0.25, 0.3) is 0 Å². The smallest absolute Gasteiger partial charge is 0.220 e. The zero-order valence-corrected chi connectivity index (χ0v) is 18.8. The Morgan fingerprint density at radius 2 is 1.94 bits per heavy atom. The van der Waals surface area contributed by atoms with E-state index in [4.69, 9.17) is 10.7 Å². The second-order valence-corrected chi connectivity index (χ2v) is 9.53. The highest BCUT2D eigenvalue weighted by atomic mass is 35.5. The van der Waals surface area contributed by atoms with Gasteiger partial charge >= 0.3 is 0 Å². The highest BCUT2D eigenvalue weighted by molar-refractivity contribution is 5.87. The average Bonchev–Trinajstić information content (AvgIpc) is 3.10. The van der Waals surface area contributed by atoms with Crippen molar-refractivity contribution in [2.75, 3.05) is 18.0 Å². The van der Waals surface area contributed by atoms with Crippen molar-refractivity contribution in [1.29, 1.82) is 5.26 Å². The third-order valence-corrected chi connectivity index (χ3v) is 6.95. The summed E-state index contributed by atoms with van der Waals surface area (Å²) in [6.45, 7) is 6.19. The highest BCUT2D eigenvalue weighted by Gasteiger charge is 2.35. The Morgan fingerprint density at radius 3 is 2.61 bits per heavy atom. The first-order valence-electron chi connectivity index (χ1n) is 10.8. The van der Waals surface area contributed by atoms with E-state index in [1.54, 1.807) is 0 Å². The number of imidazole rings is 1. The summed E-state index contributed by atoms with van der Waals surface area (Å²) in [7, 11) is 0. The van der Waals surface area contributed by atoms with Gasteiger partial charge in [0, 0.05) is 19.0 Å². The predicted octanol–water partition coefficient (Wildman–Crippen LogP) is 4.00. The molecule has 1 saturated heterocycles. The molecule has 1 aliphatic carbocycles. The Balaban J connectivity index is 0.00000231. The number of benzene rings is 1. The van der Waals surface area contributed by atoms with Crippen LogP contribution in [-0.4, -0.2) is 28.4 Å². The van der Waals surface area contributed by atoms with Gasteiger partial charge in [0.15, 0.2) is 5.65 Å². The fourth-order valence-electron chi connectivity index (χ4n) is 5.28. The first kappa shape index (κ1) is 21.5. The number of nitrogens with zero attached hydrogens (tertiary/aromatic N) is 4. The van der Waals surface area contributed by atoms with Crippen LogP contribution in [0.1, 0.15) is 49.8 Å². The molecule has 0 atom stereocenters. The molecule has 0 saturated carbocycles. The Kier molecular flexibility index (Phi) is 5.35. The van der Waals surface area contributed by atoms with Gasteiger partial charge in [-0.15, -0.1) is 12.4 Å². The zero-order valence-electron chi connectivity index (χ0n) is 18.0. The number of para-hydroxylation sites is 2. The van der Waals surface area contributed by atoms with Crippen LogP contribution in [0.2, 0.25) is 0 Å². The summed E-state index contributed by atoms with van der Waals surface area (Å²) in [4.78, 5) is 19.0. The maximum absolute atomic E-state index is 11.7. The molecule has 3 aromatic rings. The number of amides is 1. The van der Waals surface area contributed by atoms with Crippen LogP contribution in [0, 0.1) is 22.7 Å². The van der Waals surface area contributed by atoms with Crippen molar-refractivity contribution in [1.82, 2.24) is 9.38 Å². The molecule has 7 heteroatoms. The van der Waals surface area contributed by atoms with E-state index in [0.717, 1.165) is 73.3 Å². The fourth-order valence-corrected chi connectivity index (χ4v) is 5.28. The lowest BCUT2D eigenvalue weighted by atomic mass is 9.73. The number of pyridine rings is 1. The second-order valence-electron chi connectivity index (χ2n) is 9.53. The third kappa shape index (κ3) is 3.41. The number of fused-ring (bicyclic) bond motifs is 4. The van der Waals surface area contributed by atoms with Gasteiger partial charge in [0.05, 0.1) is 16.6 Å². The summed E-state index contributed by atoms with van der Waals surface area (Å²) in [5.74, 6) is 0.904. The van der Waals surface area contributed by atoms with E-state index in [2.05, 4.69) is 35.3 Å². The van der Waals surface area contributed by atoms with Crippen molar-refractivity contribution >= 4 is 40.8 Å². The molecule has 0 radical (unpaired) electrons. The molecular formula is C24H28ClN5O. The van der Waals surface area contributed by atoms with Crippen LogP contribution in [-0.2, 0) is 17.6 Å². The molecular weight excluding hydrogens is 410 g/mol. The molecule has 0 bridgehead atoms. The number of hydrogen-bond acceptors (Lipinski definition) is 4. The predicted molar refractivity (Wildman–Crippen MR) is 125 cm³/mol. The maximum atomic E-state index is 11.7. The first-order chi connectivity index (χ1) is 14.4. The monoisotopic (exact) mass is 437 g/mol. The molecule has 1 fully saturated rings. The summed E-state index contributed by atoms with van der Waals surface area (Å²) in [6, 6.07) is 10.6. The van der Waals surface area contributed by atoms with Gasteiger partial charge in [-0.1, -0.05) is 26.0 Å². The first-order valence-corrected chi connectivity index (χ1v) is 10.8. The van der Waals surface area contributed by atoms with Crippen LogP contribution >= 0.6 is 12.4 Å². The van der Waals surface area contributed by atoms with Crippen LogP contribution < -0.4 is 10.6 Å². The number of anilines is 1. The van der Waals surface area contributed by atoms with Gasteiger partial charge in [-0.2, -0.15) is 5.26 Å². The van der Waals surface area contributed by atoms with Crippen molar-refractivity contribution in [2.24, 2.45) is 17.1 Å². The van der Waals surface area contributed by atoms with Gasteiger partial charge in [-0.3, -0.25) is 9.20 Å². The Labute approximate surface area is 188 Å². The maximum Gasteiger partial charge on any atom is 0.220 e. The number of aromatic nitrogens is 2. The molecule has 0 unspecified atom stereocenters. The van der Waals surface area contributed by atoms with Crippen LogP contribution in [0.15, 0.2) is 24.3 Å². The summed E-state index contributed by atoms with van der Waals surface area (Å²) < 4.78 is 2.19. The van der Waals surface area contributed by atoms with E-state index in [1.165, 1.54) is 5.56 Å². The van der Waals surface area contributed by atoms with Gasteiger partial charge in [0.2, 0.25) is 5.91 Å². The lowest BCUT2D eigenvalue weighted by Gasteiger charge is -2.39. The number of piperidine rings is 1. The lowest BCUT2D eigenvalue weighted by molar-refractivity contribution is -0.122. The Morgan fingerprint density at radius 1 is 1.23 bits per heavy atom. The minimum atomic E-state index is -0.198. The minimum Gasteiger partial charge on any atom is -0.369 e. The molecule has 162 valence electrons. The molecule has 5 rings (SSSR count). The molecule has 1 aromatic carbocycles. The van der Waals surface area contributed by atoms with E-state index in [-0.39, 0.29) is 29.6 Å². The quantitative estimate of drug-likeness (QED) is 0.656. The summed E-state index contributed by atoms with van der Waals surface area (Å²) >= 11 is 0. The topological polar surface area (TPSA) is 87.4 Å². The molecule has 1 aliphatic heterocycles.